The second kappa shape index (κ2) is 5.72. The first-order chi connectivity index (χ1) is 11.3. The van der Waals surface area contributed by atoms with Crippen LogP contribution in [-0.4, -0.2) is 25.3 Å². The molecular weight excluding hydrogens is 284 g/mol. The number of fused-ring (bicyclic) bond motifs is 2. The van der Waals surface area contributed by atoms with Gasteiger partial charge in [0.1, 0.15) is 0 Å². The molecule has 0 amide bonds. The quantitative estimate of drug-likeness (QED) is 0.434. The summed E-state index contributed by atoms with van der Waals surface area (Å²) < 4.78 is 0. The van der Waals surface area contributed by atoms with Gasteiger partial charge in [0, 0.05) is 12.1 Å². The number of nitrogens with zero attached hydrogens (tertiary/aromatic N) is 2. The van der Waals surface area contributed by atoms with Crippen LogP contribution in [-0.2, 0) is 0 Å². The Morgan fingerprint density at radius 1 is 1.00 bits per heavy atom. The number of rotatable bonds is 2. The number of guanidine groups is 1. The largest absolute Gasteiger partial charge is 0.353 e. The highest BCUT2D eigenvalue weighted by molar-refractivity contribution is 6.15. The van der Waals surface area contributed by atoms with Crippen LogP contribution < -0.4 is 10.7 Å². The van der Waals surface area contributed by atoms with Gasteiger partial charge in [0.2, 0.25) is 5.96 Å². The normalized spacial score (nSPS) is 14.4. The molecule has 1 heterocycles. The fourth-order valence-electron chi connectivity index (χ4n) is 3.15. The standard InChI is InChI=1S/C19H18N4/c1-13-14-6-2-4-8-16(14)18(17-9-5-3-7-15(13)17)12-22-23-19-20-10-11-21-19/h2-9,12H,10-11H2,1H3,(H2,20,21,23)/b22-12-. The summed E-state index contributed by atoms with van der Waals surface area (Å²) in [6.07, 6.45) is 1.90. The number of aliphatic imine (C=N–C) groups is 1. The number of hydrogen-bond donors (Lipinski definition) is 2. The summed E-state index contributed by atoms with van der Waals surface area (Å²) in [4.78, 5) is 4.29. The van der Waals surface area contributed by atoms with E-state index >= 15 is 0 Å². The Labute approximate surface area is 134 Å². The van der Waals surface area contributed by atoms with Gasteiger partial charge in [-0.05, 0) is 34.0 Å². The monoisotopic (exact) mass is 302 g/mol. The Balaban J connectivity index is 1.88. The zero-order chi connectivity index (χ0) is 15.6. The second-order valence-corrected chi connectivity index (χ2v) is 5.66. The lowest BCUT2D eigenvalue weighted by molar-refractivity contribution is 0.920. The van der Waals surface area contributed by atoms with Crippen LogP contribution in [0.15, 0.2) is 58.6 Å². The van der Waals surface area contributed by atoms with Gasteiger partial charge in [-0.3, -0.25) is 0 Å². The van der Waals surface area contributed by atoms with Gasteiger partial charge < -0.3 is 5.32 Å². The molecule has 0 saturated heterocycles. The van der Waals surface area contributed by atoms with Crippen molar-refractivity contribution in [3.05, 3.63) is 59.7 Å². The predicted octanol–water partition coefficient (Wildman–Crippen LogP) is 3.18. The van der Waals surface area contributed by atoms with Crippen LogP contribution in [0.2, 0.25) is 0 Å². The maximum absolute atomic E-state index is 4.39. The average Bonchev–Trinajstić information content (AvgIpc) is 3.11. The summed E-state index contributed by atoms with van der Waals surface area (Å²) in [5.41, 5.74) is 5.42. The highest BCUT2D eigenvalue weighted by atomic mass is 15.4. The molecule has 3 aromatic carbocycles. The first-order valence-electron chi connectivity index (χ1n) is 7.82. The second-order valence-electron chi connectivity index (χ2n) is 5.66. The van der Waals surface area contributed by atoms with Crippen LogP contribution >= 0.6 is 0 Å². The summed E-state index contributed by atoms with van der Waals surface area (Å²) >= 11 is 0. The van der Waals surface area contributed by atoms with Crippen molar-refractivity contribution in [1.82, 2.24) is 10.7 Å². The summed E-state index contributed by atoms with van der Waals surface area (Å²) in [5, 5.41) is 12.5. The molecule has 2 N–H and O–H groups in total. The van der Waals surface area contributed by atoms with E-state index in [-0.39, 0.29) is 0 Å². The first-order valence-corrected chi connectivity index (χ1v) is 7.82. The van der Waals surface area contributed by atoms with Crippen molar-refractivity contribution in [3.8, 4) is 0 Å². The zero-order valence-corrected chi connectivity index (χ0v) is 13.0. The third-order valence-electron chi connectivity index (χ3n) is 4.28. The van der Waals surface area contributed by atoms with Crippen molar-refractivity contribution in [3.63, 3.8) is 0 Å². The molecule has 114 valence electrons. The van der Waals surface area contributed by atoms with E-state index in [1.807, 2.05) is 6.21 Å². The molecule has 0 bridgehead atoms. The van der Waals surface area contributed by atoms with E-state index < -0.39 is 0 Å². The average molecular weight is 302 g/mol. The maximum atomic E-state index is 4.39. The van der Waals surface area contributed by atoms with Crippen molar-refractivity contribution in [1.29, 1.82) is 0 Å². The number of hydrazone groups is 1. The smallest absolute Gasteiger partial charge is 0.212 e. The molecule has 4 rings (SSSR count). The fraction of sp³-hybridized carbons (Fsp3) is 0.158. The van der Waals surface area contributed by atoms with Gasteiger partial charge in [-0.1, -0.05) is 48.5 Å². The summed E-state index contributed by atoms with van der Waals surface area (Å²) in [6.45, 7) is 3.85. The number of benzene rings is 3. The minimum atomic E-state index is 0.738. The molecule has 0 fully saturated rings. The molecule has 0 aromatic heterocycles. The molecule has 23 heavy (non-hydrogen) atoms. The van der Waals surface area contributed by atoms with E-state index in [1.165, 1.54) is 27.1 Å². The van der Waals surface area contributed by atoms with Gasteiger partial charge in [0.25, 0.3) is 0 Å². The van der Waals surface area contributed by atoms with Crippen LogP contribution in [0.1, 0.15) is 11.1 Å². The molecule has 4 heteroatoms. The van der Waals surface area contributed by atoms with E-state index in [0.717, 1.165) is 24.6 Å². The lowest BCUT2D eigenvalue weighted by Crippen LogP contribution is -2.30. The zero-order valence-electron chi connectivity index (χ0n) is 13.0. The molecule has 0 atom stereocenters. The van der Waals surface area contributed by atoms with Crippen molar-refractivity contribution in [2.24, 2.45) is 10.1 Å². The van der Waals surface area contributed by atoms with E-state index in [4.69, 9.17) is 0 Å². The van der Waals surface area contributed by atoms with Crippen LogP contribution in [0, 0.1) is 6.92 Å². The molecule has 3 aromatic rings. The van der Waals surface area contributed by atoms with Crippen LogP contribution in [0.3, 0.4) is 0 Å². The van der Waals surface area contributed by atoms with Crippen molar-refractivity contribution in [2.75, 3.05) is 13.1 Å². The minimum absolute atomic E-state index is 0.738. The summed E-state index contributed by atoms with van der Waals surface area (Å²) in [5.74, 6) is 0.738. The molecule has 0 unspecified atom stereocenters. The SMILES string of the molecule is Cc1c2ccccc2c(/C=N\NC2=NCCN2)c2ccccc12. The number of aryl methyl sites for hydroxylation is 1. The van der Waals surface area contributed by atoms with Crippen LogP contribution in [0.5, 0.6) is 0 Å². The van der Waals surface area contributed by atoms with E-state index in [9.17, 15) is 0 Å². The third kappa shape index (κ3) is 2.42. The van der Waals surface area contributed by atoms with Crippen LogP contribution in [0.4, 0.5) is 0 Å². The van der Waals surface area contributed by atoms with Crippen molar-refractivity contribution < 1.29 is 0 Å². The number of nitrogens with one attached hydrogen (secondary N) is 2. The van der Waals surface area contributed by atoms with Gasteiger partial charge in [-0.15, -0.1) is 0 Å². The molecule has 0 aliphatic carbocycles. The summed E-state index contributed by atoms with van der Waals surface area (Å²) in [7, 11) is 0. The Hall–Kier alpha value is -2.88. The van der Waals surface area contributed by atoms with Crippen LogP contribution in [0.25, 0.3) is 21.5 Å². The highest BCUT2D eigenvalue weighted by Gasteiger charge is 2.09. The van der Waals surface area contributed by atoms with Gasteiger partial charge in [0.15, 0.2) is 0 Å². The Morgan fingerprint density at radius 2 is 1.61 bits per heavy atom. The van der Waals surface area contributed by atoms with E-state index in [0.29, 0.717) is 0 Å². The maximum Gasteiger partial charge on any atom is 0.212 e. The molecule has 0 saturated carbocycles. The minimum Gasteiger partial charge on any atom is -0.353 e. The molecule has 1 aliphatic rings. The Bertz CT molecular complexity index is 884. The highest BCUT2D eigenvalue weighted by Crippen LogP contribution is 2.31. The first kappa shape index (κ1) is 13.8. The summed E-state index contributed by atoms with van der Waals surface area (Å²) in [6, 6.07) is 17.0. The lowest BCUT2D eigenvalue weighted by atomic mass is 9.93. The van der Waals surface area contributed by atoms with Crippen molar-refractivity contribution >= 4 is 33.7 Å². The third-order valence-corrected chi connectivity index (χ3v) is 4.28. The Kier molecular flexibility index (Phi) is 3.42. The predicted molar refractivity (Wildman–Crippen MR) is 97.2 cm³/mol. The Morgan fingerprint density at radius 3 is 2.17 bits per heavy atom. The topological polar surface area (TPSA) is 48.8 Å². The lowest BCUT2D eigenvalue weighted by Gasteiger charge is -2.12. The molecular formula is C19H18N4. The van der Waals surface area contributed by atoms with Crippen molar-refractivity contribution in [2.45, 2.75) is 6.92 Å². The van der Waals surface area contributed by atoms with Gasteiger partial charge in [-0.2, -0.15) is 5.10 Å². The van der Waals surface area contributed by atoms with E-state index in [2.05, 4.69) is 76.3 Å². The van der Waals surface area contributed by atoms with E-state index in [1.54, 1.807) is 0 Å². The van der Waals surface area contributed by atoms with Gasteiger partial charge >= 0.3 is 0 Å². The number of hydrogen-bond acceptors (Lipinski definition) is 4. The van der Waals surface area contributed by atoms with Gasteiger partial charge in [0.05, 0.1) is 12.8 Å². The molecule has 4 nitrogen and oxygen atoms in total. The molecule has 1 aliphatic heterocycles. The fourth-order valence-corrected chi connectivity index (χ4v) is 3.15. The van der Waals surface area contributed by atoms with Gasteiger partial charge in [-0.25, -0.2) is 10.4 Å². The molecule has 0 spiro atoms. The molecule has 0 radical (unpaired) electrons.